The number of amides is 2. The Morgan fingerprint density at radius 2 is 1.54 bits per heavy atom. The SMILES string of the molecule is O=C(NNc1c(Cl)cc(Cl)cc1Cl)C1CCN(C(=O)C2CC2)CC1. The van der Waals surface area contributed by atoms with Crippen LogP contribution in [-0.4, -0.2) is 29.8 Å². The lowest BCUT2D eigenvalue weighted by molar-refractivity contribution is -0.136. The quantitative estimate of drug-likeness (QED) is 0.770. The predicted molar refractivity (Wildman–Crippen MR) is 95.3 cm³/mol. The van der Waals surface area contributed by atoms with Crippen LogP contribution >= 0.6 is 34.8 Å². The van der Waals surface area contributed by atoms with Crippen molar-refractivity contribution in [1.82, 2.24) is 10.3 Å². The van der Waals surface area contributed by atoms with Gasteiger partial charge in [0, 0.05) is 29.9 Å². The maximum absolute atomic E-state index is 12.3. The number of benzene rings is 1. The summed E-state index contributed by atoms with van der Waals surface area (Å²) in [5, 5.41) is 1.09. The van der Waals surface area contributed by atoms with Crippen molar-refractivity contribution in [3.8, 4) is 0 Å². The molecule has 1 saturated heterocycles. The summed E-state index contributed by atoms with van der Waals surface area (Å²) in [6.07, 6.45) is 3.33. The Balaban J connectivity index is 1.50. The number of anilines is 1. The molecule has 0 aromatic heterocycles. The van der Waals surface area contributed by atoms with Gasteiger partial charge in [0.1, 0.15) is 0 Å². The monoisotopic (exact) mass is 389 g/mol. The summed E-state index contributed by atoms with van der Waals surface area (Å²) in [6, 6.07) is 3.09. The van der Waals surface area contributed by atoms with Crippen molar-refractivity contribution in [3.05, 3.63) is 27.2 Å². The van der Waals surface area contributed by atoms with Gasteiger partial charge in [0.2, 0.25) is 11.8 Å². The van der Waals surface area contributed by atoms with E-state index >= 15 is 0 Å². The minimum atomic E-state index is -0.134. The summed E-state index contributed by atoms with van der Waals surface area (Å²) in [5.41, 5.74) is 5.82. The Labute approximate surface area is 155 Å². The van der Waals surface area contributed by atoms with E-state index in [1.807, 2.05) is 4.90 Å². The van der Waals surface area contributed by atoms with Crippen LogP contribution in [0.25, 0.3) is 0 Å². The molecule has 0 unspecified atom stereocenters. The maximum atomic E-state index is 12.3. The topological polar surface area (TPSA) is 61.4 Å². The summed E-state index contributed by atoms with van der Waals surface area (Å²) in [6.45, 7) is 1.27. The second kappa shape index (κ2) is 7.38. The molecule has 2 N–H and O–H groups in total. The molecule has 1 heterocycles. The normalized spacial score (nSPS) is 18.4. The molecule has 2 amide bonds. The van der Waals surface area contributed by atoms with Crippen molar-refractivity contribution >= 4 is 52.3 Å². The standard InChI is InChI=1S/C16H18Cl3N3O2/c17-11-7-12(18)14(13(19)8-11)20-21-15(23)9-3-5-22(6-4-9)16(24)10-1-2-10/h7-10,20H,1-6H2,(H,21,23). The van der Waals surface area contributed by atoms with E-state index in [1.54, 1.807) is 12.1 Å². The second-order valence-corrected chi connectivity index (χ2v) is 7.48. The van der Waals surface area contributed by atoms with Crippen LogP contribution < -0.4 is 10.9 Å². The van der Waals surface area contributed by atoms with Gasteiger partial charge in [0.25, 0.3) is 0 Å². The van der Waals surface area contributed by atoms with Gasteiger partial charge in [-0.15, -0.1) is 0 Å². The summed E-state index contributed by atoms with van der Waals surface area (Å²) in [7, 11) is 0. The van der Waals surface area contributed by atoms with Crippen LogP contribution in [-0.2, 0) is 9.59 Å². The lowest BCUT2D eigenvalue weighted by Crippen LogP contribution is -2.44. The highest BCUT2D eigenvalue weighted by atomic mass is 35.5. The van der Waals surface area contributed by atoms with Crippen molar-refractivity contribution in [1.29, 1.82) is 0 Å². The highest BCUT2D eigenvalue weighted by molar-refractivity contribution is 6.41. The van der Waals surface area contributed by atoms with Crippen molar-refractivity contribution in [3.63, 3.8) is 0 Å². The van der Waals surface area contributed by atoms with Gasteiger partial charge >= 0.3 is 0 Å². The van der Waals surface area contributed by atoms with E-state index in [0.717, 1.165) is 12.8 Å². The summed E-state index contributed by atoms with van der Waals surface area (Å²) < 4.78 is 0. The van der Waals surface area contributed by atoms with Gasteiger partial charge in [-0.3, -0.25) is 20.4 Å². The fourth-order valence-corrected chi connectivity index (χ4v) is 3.75. The third-order valence-corrected chi connectivity index (χ3v) is 5.24. The largest absolute Gasteiger partial charge is 0.342 e. The molecule has 1 aliphatic carbocycles. The molecule has 1 aromatic rings. The number of carbonyl (C=O) groups excluding carboxylic acids is 2. The van der Waals surface area contributed by atoms with Crippen LogP contribution in [0.15, 0.2) is 12.1 Å². The molecule has 1 saturated carbocycles. The average molecular weight is 391 g/mol. The number of nitrogens with zero attached hydrogens (tertiary/aromatic N) is 1. The molecule has 2 fully saturated rings. The number of likely N-dealkylation sites (tertiary alicyclic amines) is 1. The lowest BCUT2D eigenvalue weighted by Gasteiger charge is -2.31. The molecule has 0 bridgehead atoms. The summed E-state index contributed by atoms with van der Waals surface area (Å²) in [5.74, 6) is 0.208. The molecule has 0 radical (unpaired) electrons. The van der Waals surface area contributed by atoms with Crippen LogP contribution in [0.4, 0.5) is 5.69 Å². The van der Waals surface area contributed by atoms with E-state index in [2.05, 4.69) is 10.9 Å². The van der Waals surface area contributed by atoms with Gasteiger partial charge in [-0.25, -0.2) is 0 Å². The molecular formula is C16H18Cl3N3O2. The summed E-state index contributed by atoms with van der Waals surface area (Å²) >= 11 is 18.0. The minimum absolute atomic E-state index is 0.129. The number of hydrogen-bond donors (Lipinski definition) is 2. The van der Waals surface area contributed by atoms with Crippen molar-refractivity contribution < 1.29 is 9.59 Å². The fraction of sp³-hybridized carbons (Fsp3) is 0.500. The molecule has 1 aliphatic heterocycles. The molecular weight excluding hydrogens is 373 g/mol. The molecule has 8 heteroatoms. The molecule has 0 spiro atoms. The van der Waals surface area contributed by atoms with E-state index in [9.17, 15) is 9.59 Å². The first-order valence-electron chi connectivity index (χ1n) is 7.95. The zero-order valence-electron chi connectivity index (χ0n) is 12.9. The van der Waals surface area contributed by atoms with Crippen LogP contribution in [0.3, 0.4) is 0 Å². The van der Waals surface area contributed by atoms with E-state index in [-0.39, 0.29) is 23.7 Å². The Morgan fingerprint density at radius 3 is 2.08 bits per heavy atom. The predicted octanol–water partition coefficient (Wildman–Crippen LogP) is 3.74. The van der Waals surface area contributed by atoms with Gasteiger partial charge < -0.3 is 4.90 Å². The Hall–Kier alpha value is -1.17. The van der Waals surface area contributed by atoms with Crippen molar-refractivity contribution in [2.24, 2.45) is 11.8 Å². The highest BCUT2D eigenvalue weighted by Crippen LogP contribution is 2.34. The molecule has 1 aromatic carbocycles. The molecule has 3 rings (SSSR count). The number of carbonyl (C=O) groups is 2. The Morgan fingerprint density at radius 1 is 0.958 bits per heavy atom. The summed E-state index contributed by atoms with van der Waals surface area (Å²) in [4.78, 5) is 26.2. The fourth-order valence-electron chi connectivity index (χ4n) is 2.84. The van der Waals surface area contributed by atoms with Gasteiger partial charge in [0.15, 0.2) is 0 Å². The van der Waals surface area contributed by atoms with Gasteiger partial charge in [-0.1, -0.05) is 34.8 Å². The van der Waals surface area contributed by atoms with E-state index in [4.69, 9.17) is 34.8 Å². The molecule has 24 heavy (non-hydrogen) atoms. The van der Waals surface area contributed by atoms with Gasteiger partial charge in [-0.05, 0) is 37.8 Å². The first kappa shape index (κ1) is 17.6. The third-order valence-electron chi connectivity index (χ3n) is 4.42. The van der Waals surface area contributed by atoms with E-state index in [1.165, 1.54) is 0 Å². The first-order valence-corrected chi connectivity index (χ1v) is 9.08. The molecule has 5 nitrogen and oxygen atoms in total. The number of piperidine rings is 1. The van der Waals surface area contributed by atoms with Crippen LogP contribution in [0.5, 0.6) is 0 Å². The zero-order valence-corrected chi connectivity index (χ0v) is 15.2. The van der Waals surface area contributed by atoms with Crippen LogP contribution in [0, 0.1) is 11.8 Å². The highest BCUT2D eigenvalue weighted by Gasteiger charge is 2.35. The van der Waals surface area contributed by atoms with Gasteiger partial charge in [-0.2, -0.15) is 0 Å². The minimum Gasteiger partial charge on any atom is -0.342 e. The number of hydrogen-bond acceptors (Lipinski definition) is 3. The van der Waals surface area contributed by atoms with Crippen LogP contribution in [0.1, 0.15) is 25.7 Å². The third kappa shape index (κ3) is 4.08. The van der Waals surface area contributed by atoms with Crippen LogP contribution in [0.2, 0.25) is 15.1 Å². The van der Waals surface area contributed by atoms with E-state index < -0.39 is 0 Å². The molecule has 0 atom stereocenters. The first-order chi connectivity index (χ1) is 11.5. The van der Waals surface area contributed by atoms with Crippen molar-refractivity contribution in [2.45, 2.75) is 25.7 Å². The number of rotatable bonds is 4. The maximum Gasteiger partial charge on any atom is 0.241 e. The number of halogens is 3. The Kier molecular flexibility index (Phi) is 5.42. The molecule has 2 aliphatic rings. The van der Waals surface area contributed by atoms with Gasteiger partial charge in [0.05, 0.1) is 15.7 Å². The zero-order chi connectivity index (χ0) is 17.3. The molecule has 130 valence electrons. The smallest absolute Gasteiger partial charge is 0.241 e. The second-order valence-electron chi connectivity index (χ2n) is 6.23. The number of nitrogens with one attached hydrogen (secondary N) is 2. The lowest BCUT2D eigenvalue weighted by atomic mass is 9.96. The Bertz CT molecular complexity index is 633. The number of hydrazine groups is 1. The average Bonchev–Trinajstić information content (AvgIpc) is 3.38. The van der Waals surface area contributed by atoms with Crippen molar-refractivity contribution in [2.75, 3.05) is 18.5 Å². The van der Waals surface area contributed by atoms with E-state index in [0.29, 0.717) is 46.7 Å².